The third kappa shape index (κ3) is 5.33. The van der Waals surface area contributed by atoms with E-state index in [9.17, 15) is 17.2 Å². The first-order valence-electron chi connectivity index (χ1n) is 7.10. The van der Waals surface area contributed by atoms with Crippen molar-refractivity contribution in [3.63, 3.8) is 0 Å². The summed E-state index contributed by atoms with van der Waals surface area (Å²) in [5.74, 6) is -2.49. The molecule has 1 rings (SSSR count). The van der Waals surface area contributed by atoms with E-state index in [0.29, 0.717) is 18.5 Å². The molecule has 1 aromatic carbocycles. The van der Waals surface area contributed by atoms with Gasteiger partial charge in [-0.15, -0.1) is 0 Å². The molecule has 2 N–H and O–H groups in total. The van der Waals surface area contributed by atoms with Gasteiger partial charge in [-0.1, -0.05) is 26.7 Å². The average molecular weight is 320 g/mol. The fourth-order valence-corrected chi connectivity index (χ4v) is 3.05. The van der Waals surface area contributed by atoms with Gasteiger partial charge in [-0.2, -0.15) is 0 Å². The number of hydrogen-bond donors (Lipinski definition) is 2. The lowest BCUT2D eigenvalue weighted by Gasteiger charge is -2.10. The largest absolute Gasteiger partial charge is 0.313 e. The highest BCUT2D eigenvalue weighted by Crippen LogP contribution is 2.20. The molecule has 1 aromatic rings. The van der Waals surface area contributed by atoms with Crippen LogP contribution in [0.1, 0.15) is 38.7 Å². The van der Waals surface area contributed by atoms with Gasteiger partial charge < -0.3 is 5.32 Å². The highest BCUT2D eigenvalue weighted by molar-refractivity contribution is 7.89. The van der Waals surface area contributed by atoms with Gasteiger partial charge in [0.25, 0.3) is 0 Å². The summed E-state index contributed by atoms with van der Waals surface area (Å²) >= 11 is 0. The van der Waals surface area contributed by atoms with Crippen LogP contribution >= 0.6 is 0 Å². The molecule has 0 spiro atoms. The quantitative estimate of drug-likeness (QED) is 0.688. The van der Waals surface area contributed by atoms with E-state index in [1.165, 1.54) is 6.07 Å². The van der Waals surface area contributed by atoms with E-state index in [4.69, 9.17) is 0 Å². The standard InChI is InChI=1S/C14H22F2N2O2S/c1-3-5-6-7-18-21(19,20)13-9-11(10-17-4-2)8-12(15)14(13)16/h8-9,17-18H,3-7,10H2,1-2H3. The third-order valence-corrected chi connectivity index (χ3v) is 4.46. The molecule has 0 aliphatic heterocycles. The smallest absolute Gasteiger partial charge is 0.243 e. The number of hydrogen-bond acceptors (Lipinski definition) is 3. The highest BCUT2D eigenvalue weighted by atomic mass is 32.2. The molecule has 0 atom stereocenters. The number of benzene rings is 1. The van der Waals surface area contributed by atoms with Gasteiger partial charge in [-0.05, 0) is 30.7 Å². The predicted octanol–water partition coefficient (Wildman–Crippen LogP) is 2.54. The fraction of sp³-hybridized carbons (Fsp3) is 0.571. The first-order valence-corrected chi connectivity index (χ1v) is 8.59. The van der Waals surface area contributed by atoms with Crippen molar-refractivity contribution in [1.82, 2.24) is 10.0 Å². The molecule has 21 heavy (non-hydrogen) atoms. The van der Waals surface area contributed by atoms with Crippen molar-refractivity contribution < 1.29 is 17.2 Å². The van der Waals surface area contributed by atoms with Gasteiger partial charge in [-0.3, -0.25) is 0 Å². The van der Waals surface area contributed by atoms with Crippen molar-refractivity contribution in [2.45, 2.75) is 44.6 Å². The zero-order chi connectivity index (χ0) is 15.9. The Morgan fingerprint density at radius 3 is 2.48 bits per heavy atom. The summed E-state index contributed by atoms with van der Waals surface area (Å²) < 4.78 is 53.7. The van der Waals surface area contributed by atoms with Gasteiger partial charge >= 0.3 is 0 Å². The summed E-state index contributed by atoms with van der Waals surface area (Å²) in [5, 5.41) is 2.95. The minimum Gasteiger partial charge on any atom is -0.313 e. The zero-order valence-corrected chi connectivity index (χ0v) is 13.2. The van der Waals surface area contributed by atoms with Crippen LogP contribution in [0.15, 0.2) is 17.0 Å². The lowest BCUT2D eigenvalue weighted by Crippen LogP contribution is -2.26. The monoisotopic (exact) mass is 320 g/mol. The summed E-state index contributed by atoms with van der Waals surface area (Å²) in [6, 6.07) is 2.18. The Morgan fingerprint density at radius 2 is 1.86 bits per heavy atom. The Hall–Kier alpha value is -1.05. The van der Waals surface area contributed by atoms with Gasteiger partial charge in [0.1, 0.15) is 4.90 Å². The van der Waals surface area contributed by atoms with E-state index in [0.717, 1.165) is 18.9 Å². The van der Waals surface area contributed by atoms with E-state index < -0.39 is 26.6 Å². The second-order valence-electron chi connectivity index (χ2n) is 4.77. The molecule has 4 nitrogen and oxygen atoms in total. The number of sulfonamides is 1. The van der Waals surface area contributed by atoms with Gasteiger partial charge in [-0.25, -0.2) is 21.9 Å². The van der Waals surface area contributed by atoms with Gasteiger partial charge in [0, 0.05) is 13.1 Å². The Kier molecular flexibility index (Phi) is 7.21. The Labute approximate surface area is 125 Å². The molecule has 120 valence electrons. The molecule has 0 radical (unpaired) electrons. The molecule has 0 fully saturated rings. The maximum absolute atomic E-state index is 13.8. The van der Waals surface area contributed by atoms with E-state index in [2.05, 4.69) is 10.0 Å². The van der Waals surface area contributed by atoms with Crippen LogP contribution in [-0.2, 0) is 16.6 Å². The van der Waals surface area contributed by atoms with Crippen molar-refractivity contribution in [2.75, 3.05) is 13.1 Å². The van der Waals surface area contributed by atoms with E-state index in [1.807, 2.05) is 13.8 Å². The maximum Gasteiger partial charge on any atom is 0.243 e. The molecule has 0 unspecified atom stereocenters. The first-order chi connectivity index (χ1) is 9.92. The first kappa shape index (κ1) is 18.0. The summed E-state index contributed by atoms with van der Waals surface area (Å²) in [4.78, 5) is -0.632. The van der Waals surface area contributed by atoms with E-state index in [1.54, 1.807) is 0 Å². The number of nitrogens with one attached hydrogen (secondary N) is 2. The van der Waals surface area contributed by atoms with Crippen LogP contribution in [0.4, 0.5) is 8.78 Å². The third-order valence-electron chi connectivity index (χ3n) is 3.00. The van der Waals surface area contributed by atoms with Crippen LogP contribution in [0, 0.1) is 11.6 Å². The summed E-state index contributed by atoms with van der Waals surface area (Å²) in [5.41, 5.74) is 0.393. The molecule has 0 saturated carbocycles. The second-order valence-corrected chi connectivity index (χ2v) is 6.51. The SMILES string of the molecule is CCCCCNS(=O)(=O)c1cc(CNCC)cc(F)c1F. The van der Waals surface area contributed by atoms with Crippen LogP contribution in [0.3, 0.4) is 0 Å². The van der Waals surface area contributed by atoms with Crippen molar-refractivity contribution in [1.29, 1.82) is 0 Å². The lowest BCUT2D eigenvalue weighted by molar-refractivity contribution is 0.480. The van der Waals surface area contributed by atoms with Crippen molar-refractivity contribution in [2.24, 2.45) is 0 Å². The number of unbranched alkanes of at least 4 members (excludes halogenated alkanes) is 2. The Bertz CT molecular complexity index is 562. The second kappa shape index (κ2) is 8.41. The van der Waals surface area contributed by atoms with E-state index >= 15 is 0 Å². The Morgan fingerprint density at radius 1 is 1.14 bits per heavy atom. The number of rotatable bonds is 9. The normalized spacial score (nSPS) is 11.8. The van der Waals surface area contributed by atoms with Gasteiger partial charge in [0.2, 0.25) is 10.0 Å². The van der Waals surface area contributed by atoms with Gasteiger partial charge in [0.15, 0.2) is 11.6 Å². The molecule has 0 aliphatic rings. The minimum atomic E-state index is -4.03. The molecule has 0 heterocycles. The summed E-state index contributed by atoms with van der Waals surface area (Å²) in [7, 11) is -4.03. The zero-order valence-electron chi connectivity index (χ0n) is 12.4. The fourth-order valence-electron chi connectivity index (χ4n) is 1.84. The van der Waals surface area contributed by atoms with Crippen molar-refractivity contribution in [3.8, 4) is 0 Å². The molecule has 0 aromatic heterocycles. The maximum atomic E-state index is 13.8. The average Bonchev–Trinajstić information content (AvgIpc) is 2.44. The number of halogens is 2. The summed E-state index contributed by atoms with van der Waals surface area (Å²) in [6.45, 7) is 5.01. The predicted molar refractivity (Wildman–Crippen MR) is 78.5 cm³/mol. The van der Waals surface area contributed by atoms with Crippen LogP contribution < -0.4 is 10.0 Å². The molecular weight excluding hydrogens is 298 g/mol. The molecular formula is C14H22F2N2O2S. The molecule has 7 heteroatoms. The Balaban J connectivity index is 2.95. The minimum absolute atomic E-state index is 0.217. The van der Waals surface area contributed by atoms with Crippen LogP contribution in [0.2, 0.25) is 0 Å². The molecule has 0 amide bonds. The molecule has 0 bridgehead atoms. The highest BCUT2D eigenvalue weighted by Gasteiger charge is 2.22. The van der Waals surface area contributed by atoms with Crippen molar-refractivity contribution in [3.05, 3.63) is 29.3 Å². The molecule has 0 saturated heterocycles. The topological polar surface area (TPSA) is 58.2 Å². The van der Waals surface area contributed by atoms with Crippen LogP contribution in [0.5, 0.6) is 0 Å². The molecule has 0 aliphatic carbocycles. The van der Waals surface area contributed by atoms with Crippen molar-refractivity contribution >= 4 is 10.0 Å². The summed E-state index contributed by atoms with van der Waals surface area (Å²) in [6.07, 6.45) is 2.49. The van der Waals surface area contributed by atoms with Gasteiger partial charge in [0.05, 0.1) is 0 Å². The lowest BCUT2D eigenvalue weighted by atomic mass is 10.2. The van der Waals surface area contributed by atoms with Crippen LogP contribution in [0.25, 0.3) is 0 Å². The van der Waals surface area contributed by atoms with E-state index in [-0.39, 0.29) is 13.1 Å². The van der Waals surface area contributed by atoms with Crippen LogP contribution in [-0.4, -0.2) is 21.5 Å².